The minimum Gasteiger partial charge on any atom is -0.353 e. The monoisotopic (exact) mass is 434 g/mol. The number of anilines is 1. The lowest BCUT2D eigenvalue weighted by atomic mass is 10.1. The Morgan fingerprint density at radius 2 is 1.72 bits per heavy atom. The van der Waals surface area contributed by atoms with Crippen LogP contribution in [0.4, 0.5) is 5.69 Å². The molecule has 7 heteroatoms. The van der Waals surface area contributed by atoms with Crippen LogP contribution in [0.15, 0.2) is 42.5 Å². The molecule has 0 aliphatic heterocycles. The van der Waals surface area contributed by atoms with Gasteiger partial charge in [-0.1, -0.05) is 30.3 Å². The van der Waals surface area contributed by atoms with Gasteiger partial charge in [0.1, 0.15) is 6.04 Å². The molecule has 29 heavy (non-hydrogen) atoms. The average molecular weight is 435 g/mol. The van der Waals surface area contributed by atoms with E-state index in [9.17, 15) is 13.2 Å². The highest BCUT2D eigenvalue weighted by molar-refractivity contribution is 7.98. The first-order chi connectivity index (χ1) is 13.6. The molecular formula is C22H30N2O3S2. The van der Waals surface area contributed by atoms with Crippen LogP contribution in [0.5, 0.6) is 0 Å². The van der Waals surface area contributed by atoms with Crippen LogP contribution in [-0.2, 0) is 20.6 Å². The maximum atomic E-state index is 12.6. The zero-order valence-electron chi connectivity index (χ0n) is 17.7. The maximum Gasteiger partial charge on any atom is 0.243 e. The summed E-state index contributed by atoms with van der Waals surface area (Å²) in [7, 11) is -3.60. The summed E-state index contributed by atoms with van der Waals surface area (Å²) >= 11 is 1.74. The van der Waals surface area contributed by atoms with E-state index in [1.807, 2.05) is 32.0 Å². The minimum atomic E-state index is -3.60. The van der Waals surface area contributed by atoms with E-state index in [2.05, 4.69) is 24.4 Å². The third kappa shape index (κ3) is 6.78. The Labute approximate surface area is 178 Å². The van der Waals surface area contributed by atoms with Crippen LogP contribution in [0, 0.1) is 20.8 Å². The summed E-state index contributed by atoms with van der Waals surface area (Å²) in [5.74, 6) is 1.34. The molecule has 158 valence electrons. The van der Waals surface area contributed by atoms with E-state index in [0.717, 1.165) is 28.9 Å². The van der Waals surface area contributed by atoms with Crippen molar-refractivity contribution in [1.82, 2.24) is 5.32 Å². The van der Waals surface area contributed by atoms with Crippen LogP contribution >= 0.6 is 11.8 Å². The number of carbonyl (C=O) groups is 1. The molecule has 0 aromatic heterocycles. The smallest absolute Gasteiger partial charge is 0.243 e. The fourth-order valence-electron chi connectivity index (χ4n) is 3.23. The zero-order valence-corrected chi connectivity index (χ0v) is 19.4. The van der Waals surface area contributed by atoms with Crippen molar-refractivity contribution in [2.24, 2.45) is 0 Å². The predicted molar refractivity (Wildman–Crippen MR) is 123 cm³/mol. The van der Waals surface area contributed by atoms with Gasteiger partial charge in [0.05, 0.1) is 11.9 Å². The van der Waals surface area contributed by atoms with Gasteiger partial charge >= 0.3 is 0 Å². The molecule has 2 rings (SSSR count). The summed E-state index contributed by atoms with van der Waals surface area (Å²) in [6.07, 6.45) is 1.13. The molecule has 0 heterocycles. The molecule has 0 fully saturated rings. The first-order valence-electron chi connectivity index (χ1n) is 9.57. The molecule has 0 unspecified atom stereocenters. The van der Waals surface area contributed by atoms with Crippen molar-refractivity contribution in [3.63, 3.8) is 0 Å². The van der Waals surface area contributed by atoms with Gasteiger partial charge in [0, 0.05) is 18.1 Å². The van der Waals surface area contributed by atoms with Gasteiger partial charge in [0.15, 0.2) is 0 Å². The van der Waals surface area contributed by atoms with Crippen LogP contribution in [-0.4, -0.2) is 38.9 Å². The fourth-order valence-corrected chi connectivity index (χ4v) is 5.33. The third-order valence-electron chi connectivity index (χ3n) is 4.61. The summed E-state index contributed by atoms with van der Waals surface area (Å²) in [6, 6.07) is 13.0. The second-order valence-corrected chi connectivity index (χ2v) is 10.3. The Morgan fingerprint density at radius 3 is 2.31 bits per heavy atom. The molecule has 0 spiro atoms. The number of nitrogens with zero attached hydrogens (tertiary/aromatic N) is 1. The van der Waals surface area contributed by atoms with E-state index in [-0.39, 0.29) is 5.91 Å². The van der Waals surface area contributed by atoms with Crippen LogP contribution in [0.2, 0.25) is 0 Å². The Kier molecular flexibility index (Phi) is 8.16. The van der Waals surface area contributed by atoms with Gasteiger partial charge in [-0.3, -0.25) is 9.10 Å². The normalized spacial score (nSPS) is 12.4. The van der Waals surface area contributed by atoms with Crippen molar-refractivity contribution >= 4 is 33.4 Å². The molecule has 0 aliphatic carbocycles. The number of hydrogen-bond acceptors (Lipinski definition) is 4. The van der Waals surface area contributed by atoms with E-state index in [4.69, 9.17) is 0 Å². The van der Waals surface area contributed by atoms with Crippen molar-refractivity contribution in [3.8, 4) is 0 Å². The van der Waals surface area contributed by atoms with Gasteiger partial charge in [-0.25, -0.2) is 8.42 Å². The molecule has 1 atom stereocenters. The van der Waals surface area contributed by atoms with Crippen molar-refractivity contribution < 1.29 is 13.2 Å². The maximum absolute atomic E-state index is 12.6. The predicted octanol–water partition coefficient (Wildman–Crippen LogP) is 3.82. The van der Waals surface area contributed by atoms with E-state index in [1.165, 1.54) is 15.4 Å². The Morgan fingerprint density at radius 1 is 1.10 bits per heavy atom. The number of carbonyl (C=O) groups excluding carboxylic acids is 1. The number of hydrogen-bond donors (Lipinski definition) is 1. The molecule has 1 amide bonds. The first-order valence-corrected chi connectivity index (χ1v) is 12.6. The van der Waals surface area contributed by atoms with Gasteiger partial charge in [0.2, 0.25) is 15.9 Å². The Hall–Kier alpha value is -1.99. The lowest BCUT2D eigenvalue weighted by Crippen LogP contribution is -2.48. The SMILES string of the molecule is Cc1cc(C)cc(N([C@@H](C)C(=O)NCCSCc2ccccc2C)S(C)(=O)=O)c1. The van der Waals surface area contributed by atoms with Crippen LogP contribution in [0.3, 0.4) is 0 Å². The van der Waals surface area contributed by atoms with Crippen molar-refractivity contribution in [3.05, 3.63) is 64.7 Å². The van der Waals surface area contributed by atoms with Crippen LogP contribution < -0.4 is 9.62 Å². The standard InChI is InChI=1S/C22H30N2O3S2/c1-16-12-17(2)14-21(13-16)24(29(5,26)27)19(4)22(25)23-10-11-28-15-20-9-7-6-8-18(20)3/h6-9,12-14,19H,10-11,15H2,1-5H3,(H,23,25)/t19-/m0/s1. The molecule has 0 aliphatic rings. The van der Waals surface area contributed by atoms with Crippen molar-refractivity contribution in [1.29, 1.82) is 0 Å². The summed E-state index contributed by atoms with van der Waals surface area (Å²) in [5.41, 5.74) is 4.97. The molecule has 0 radical (unpaired) electrons. The number of sulfonamides is 1. The second kappa shape index (κ2) is 10.2. The number of nitrogens with one attached hydrogen (secondary N) is 1. The largest absolute Gasteiger partial charge is 0.353 e. The highest BCUT2D eigenvalue weighted by Gasteiger charge is 2.29. The highest BCUT2D eigenvalue weighted by atomic mass is 32.2. The van der Waals surface area contributed by atoms with Crippen molar-refractivity contribution in [2.75, 3.05) is 22.9 Å². The van der Waals surface area contributed by atoms with Gasteiger partial charge in [-0.05, 0) is 62.1 Å². The topological polar surface area (TPSA) is 66.5 Å². The molecule has 0 saturated carbocycles. The summed E-state index contributed by atoms with van der Waals surface area (Å²) in [6.45, 7) is 8.02. The van der Waals surface area contributed by atoms with Gasteiger partial charge in [-0.2, -0.15) is 11.8 Å². The highest BCUT2D eigenvalue weighted by Crippen LogP contribution is 2.24. The summed E-state index contributed by atoms with van der Waals surface area (Å²) in [5, 5.41) is 2.87. The number of thioether (sulfide) groups is 1. The molecule has 2 aromatic carbocycles. The van der Waals surface area contributed by atoms with E-state index in [1.54, 1.807) is 30.8 Å². The number of amides is 1. The molecule has 2 aromatic rings. The summed E-state index contributed by atoms with van der Waals surface area (Å²) in [4.78, 5) is 12.6. The van der Waals surface area contributed by atoms with Crippen LogP contribution in [0.25, 0.3) is 0 Å². The van der Waals surface area contributed by atoms with Gasteiger partial charge < -0.3 is 5.32 Å². The number of rotatable bonds is 9. The summed E-state index contributed by atoms with van der Waals surface area (Å²) < 4.78 is 26.0. The van der Waals surface area contributed by atoms with Gasteiger partial charge in [0.25, 0.3) is 0 Å². The molecule has 0 bridgehead atoms. The minimum absolute atomic E-state index is 0.300. The number of benzene rings is 2. The van der Waals surface area contributed by atoms with Gasteiger partial charge in [-0.15, -0.1) is 0 Å². The fraction of sp³-hybridized carbons (Fsp3) is 0.409. The van der Waals surface area contributed by atoms with E-state index < -0.39 is 16.1 Å². The number of aryl methyl sites for hydroxylation is 3. The van der Waals surface area contributed by atoms with Crippen molar-refractivity contribution in [2.45, 2.75) is 39.5 Å². The second-order valence-electron chi connectivity index (χ2n) is 7.35. The Bertz CT molecular complexity index is 938. The Balaban J connectivity index is 1.96. The average Bonchev–Trinajstić information content (AvgIpc) is 2.60. The van der Waals surface area contributed by atoms with E-state index >= 15 is 0 Å². The molecule has 0 saturated heterocycles. The lowest BCUT2D eigenvalue weighted by Gasteiger charge is -2.28. The molecular weight excluding hydrogens is 404 g/mol. The van der Waals surface area contributed by atoms with Crippen LogP contribution in [0.1, 0.15) is 29.2 Å². The third-order valence-corrected chi connectivity index (χ3v) is 6.86. The van der Waals surface area contributed by atoms with E-state index in [0.29, 0.717) is 12.2 Å². The molecule has 1 N–H and O–H groups in total. The lowest BCUT2D eigenvalue weighted by molar-refractivity contribution is -0.121. The quantitative estimate of drug-likeness (QED) is 0.610. The molecule has 5 nitrogen and oxygen atoms in total. The first kappa shape index (κ1) is 23.3. The zero-order chi connectivity index (χ0) is 21.6.